The van der Waals surface area contributed by atoms with Crippen LogP contribution in [0, 0.1) is 43.5 Å². The largest absolute Gasteiger partial charge is 0.488 e. The number of amides is 1. The molecule has 1 aliphatic carbocycles. The predicted octanol–water partition coefficient (Wildman–Crippen LogP) is 21.1. The average molecular weight is 1690 g/mol. The lowest BCUT2D eigenvalue weighted by Gasteiger charge is -2.14. The Labute approximate surface area is 704 Å². The number of alkyl halides is 1. The van der Waals surface area contributed by atoms with Crippen LogP contribution in [0.3, 0.4) is 0 Å². The highest BCUT2D eigenvalue weighted by atomic mass is 35.5. The number of hydrogen-bond donors (Lipinski definition) is 4. The molecular formula is C94H72ClF5N8O15. The Kier molecular flexibility index (Phi) is 29.1. The van der Waals surface area contributed by atoms with E-state index in [1.807, 2.05) is 133 Å². The molecule has 0 saturated carbocycles. The van der Waals surface area contributed by atoms with E-state index in [2.05, 4.69) is 20.3 Å². The Morgan fingerprint density at radius 1 is 0.431 bits per heavy atom. The monoisotopic (exact) mass is 1680 g/mol. The summed E-state index contributed by atoms with van der Waals surface area (Å²) in [7, 11) is -1.00. The van der Waals surface area contributed by atoms with Gasteiger partial charge in [-0.15, -0.1) is 0 Å². The van der Waals surface area contributed by atoms with Gasteiger partial charge in [0.25, 0.3) is 28.3 Å². The number of carbonyl (C=O) groups excluding carboxylic acids is 4. The van der Waals surface area contributed by atoms with Crippen LogP contribution in [0.4, 0.5) is 44.7 Å². The van der Waals surface area contributed by atoms with Crippen LogP contribution < -0.4 is 44.2 Å². The zero-order chi connectivity index (χ0) is 87.4. The normalized spacial score (nSPS) is 11.0. The molecule has 16 aromatic rings. The van der Waals surface area contributed by atoms with Crippen LogP contribution in [-0.4, -0.2) is 72.9 Å². The number of nitro groups is 2. The molecule has 0 radical (unpaired) electrons. The maximum absolute atomic E-state index is 13.1. The number of nitrogens with one attached hydrogen (secondary N) is 3. The maximum Gasteiger partial charge on any atom is 0.297 e. The van der Waals surface area contributed by atoms with E-state index in [-0.39, 0.29) is 72.3 Å². The van der Waals surface area contributed by atoms with Crippen molar-refractivity contribution in [3.05, 3.63) is 386 Å². The minimum atomic E-state index is -1.00. The van der Waals surface area contributed by atoms with Crippen molar-refractivity contribution in [3.8, 4) is 51.5 Å². The van der Waals surface area contributed by atoms with E-state index in [0.29, 0.717) is 92.3 Å². The molecule has 0 atom stereocenters. The van der Waals surface area contributed by atoms with Crippen LogP contribution in [0.1, 0.15) is 50.6 Å². The molecule has 0 unspecified atom stereocenters. The fraction of sp³-hybridized carbons (Fsp3) is 0.0851. The van der Waals surface area contributed by atoms with E-state index < -0.39 is 52.1 Å². The van der Waals surface area contributed by atoms with Gasteiger partial charge in [0.1, 0.15) is 131 Å². The van der Waals surface area contributed by atoms with Crippen molar-refractivity contribution in [2.24, 2.45) is 0 Å². The number of ether oxygens (including phenoxy) is 7. The maximum atomic E-state index is 13.1. The smallest absolute Gasteiger partial charge is 0.297 e. The van der Waals surface area contributed by atoms with Gasteiger partial charge in [0.05, 0.1) is 41.5 Å². The van der Waals surface area contributed by atoms with Gasteiger partial charge in [0.15, 0.2) is 13.2 Å². The number of imidazole rings is 2. The van der Waals surface area contributed by atoms with Gasteiger partial charge in [0.2, 0.25) is 5.78 Å². The van der Waals surface area contributed by atoms with Crippen molar-refractivity contribution in [1.29, 1.82) is 0 Å². The number of carbonyl (C=O) groups is 4. The molecule has 14 aromatic carbocycles. The first-order chi connectivity index (χ1) is 60.2. The molecule has 29 heteroatoms. The van der Waals surface area contributed by atoms with Crippen molar-refractivity contribution in [1.82, 2.24) is 19.9 Å². The van der Waals surface area contributed by atoms with E-state index in [4.69, 9.17) is 56.8 Å². The Balaban J connectivity index is 0.000000144. The summed E-state index contributed by atoms with van der Waals surface area (Å²) in [5.41, 5.74) is 12.1. The number of benzene rings is 14. The Hall–Kier alpha value is -15.8. The van der Waals surface area contributed by atoms with Crippen molar-refractivity contribution in [2.75, 3.05) is 31.4 Å². The highest BCUT2D eigenvalue weighted by Crippen LogP contribution is 2.42. The molecule has 1 amide bonds. The Morgan fingerprint density at radius 3 is 1.25 bits per heavy atom. The van der Waals surface area contributed by atoms with Crippen LogP contribution >= 0.6 is 11.6 Å². The van der Waals surface area contributed by atoms with Crippen molar-refractivity contribution < 1.29 is 85.5 Å². The number of hydrogen-bond acceptors (Lipinski definition) is 18. The van der Waals surface area contributed by atoms with E-state index >= 15 is 0 Å². The fourth-order valence-corrected chi connectivity index (χ4v) is 12.5. The molecule has 0 fully saturated rings. The lowest BCUT2D eigenvalue weighted by atomic mass is 9.90. The molecule has 0 saturated heterocycles. The summed E-state index contributed by atoms with van der Waals surface area (Å²) in [5, 5.41) is 29.5. The number of Topliss-reactive ketones (excluding diaryl/α,β-unsaturated/α-hetero) is 2. The molecule has 23 nitrogen and oxygen atoms in total. The molecule has 620 valence electrons. The van der Waals surface area contributed by atoms with Crippen molar-refractivity contribution in [3.63, 3.8) is 0 Å². The number of anilines is 2. The Morgan fingerprint density at radius 2 is 0.797 bits per heavy atom. The van der Waals surface area contributed by atoms with Crippen molar-refractivity contribution >= 4 is 100 Å². The lowest BCUT2D eigenvalue weighted by Crippen LogP contribution is -2.21. The third-order valence-corrected chi connectivity index (χ3v) is 18.3. The first-order valence-electron chi connectivity index (χ1n) is 38.1. The summed E-state index contributed by atoms with van der Waals surface area (Å²) in [4.78, 5) is 84.3. The molecule has 5 N–H and O–H groups in total. The van der Waals surface area contributed by atoms with Crippen LogP contribution in [-0.2, 0) is 42.6 Å². The molecule has 2 aromatic heterocycles. The molecule has 0 spiro atoms. The first kappa shape index (κ1) is 85.1. The molecule has 0 bridgehead atoms. The zero-order valence-electron chi connectivity index (χ0n) is 65.8. The minimum absolute atomic E-state index is 0.0513. The summed E-state index contributed by atoms with van der Waals surface area (Å²) >= 11 is 5.02. The van der Waals surface area contributed by atoms with Gasteiger partial charge in [-0.3, -0.25) is 43.8 Å². The van der Waals surface area contributed by atoms with Crippen LogP contribution in [0.2, 0.25) is 0 Å². The Bertz CT molecular complexity index is 6410. The molecular weight excluding hydrogens is 1610 g/mol. The summed E-state index contributed by atoms with van der Waals surface area (Å²) in [5.74, 6) is 1.34. The topological polar surface area (TPSA) is 315 Å². The third-order valence-electron chi connectivity index (χ3n) is 18.2. The molecule has 0 aliphatic heterocycles. The molecule has 123 heavy (non-hydrogen) atoms. The number of fused-ring (bicyclic) bond motifs is 8. The number of rotatable bonds is 24. The molecule has 1 aliphatic rings. The average Bonchev–Trinajstić information content (AvgIpc) is 1.53. The first-order valence-corrected chi connectivity index (χ1v) is 37.8. The van der Waals surface area contributed by atoms with Crippen LogP contribution in [0.5, 0.6) is 40.2 Å². The van der Waals surface area contributed by atoms with E-state index in [9.17, 15) is 61.4 Å². The number of aromatic nitrogens is 4. The van der Waals surface area contributed by atoms with Crippen molar-refractivity contribution in [2.45, 2.75) is 33.0 Å². The zero-order valence-corrected chi connectivity index (χ0v) is 65.5. The van der Waals surface area contributed by atoms with Gasteiger partial charge in [0, 0.05) is 49.5 Å². The third kappa shape index (κ3) is 23.1. The van der Waals surface area contributed by atoms with Gasteiger partial charge >= 0.3 is 0 Å². The molecule has 17 rings (SSSR count). The second-order valence-electron chi connectivity index (χ2n) is 26.5. The lowest BCUT2D eigenvalue weighted by molar-refractivity contribution is -0.384. The highest BCUT2D eigenvalue weighted by Gasteiger charge is 2.34. The number of nitrogens with two attached hydrogens (primary N) is 1. The predicted molar refractivity (Wildman–Crippen MR) is 456 cm³/mol. The van der Waals surface area contributed by atoms with E-state index in [1.54, 1.807) is 72.8 Å². The highest BCUT2D eigenvalue weighted by molar-refractivity contribution is 6.64. The number of nitro benzene ring substituents is 2. The number of nitrogens with zero attached hydrogens (tertiary/aromatic N) is 4. The van der Waals surface area contributed by atoms with Gasteiger partial charge in [-0.25, -0.2) is 27.5 Å². The number of halogens is 6. The number of aromatic amines is 2. The second kappa shape index (κ2) is 42.0. The quantitative estimate of drug-likeness (QED) is 0.0109. The van der Waals surface area contributed by atoms with Gasteiger partial charge in [-0.05, 0) is 125 Å². The summed E-state index contributed by atoms with van der Waals surface area (Å²) in [6, 6.07) is 85.0. The van der Waals surface area contributed by atoms with Gasteiger partial charge in [-0.1, -0.05) is 188 Å². The van der Waals surface area contributed by atoms with E-state index in [1.165, 1.54) is 97.1 Å². The number of nitrogen functional groups attached to an aromatic ring is 1. The SMILES string of the molecule is Fc1ccc(OCc2nc3c(cc(OCc4ccccc4)c4ccccc43)[nH]2)cc1.Nc1c([N+](=O)[O-])cc(OCc2ccccc2)c2ccccc12.O=C(COc1ccc(F)cc1)Nc1c([N+](=O)[O-])cc(OCc2ccccc2)c2ccccc12.O=C(Cl)COc1ccc(F)cc1.O=C1C(=O)c2[nH]c(COc3ccc(F)cc3)nc2-c2ccccc21.[2H]CF. The minimum Gasteiger partial charge on any atom is -0.488 e. The van der Waals surface area contributed by atoms with Crippen LogP contribution in [0.15, 0.2) is 303 Å². The summed E-state index contributed by atoms with van der Waals surface area (Å²) < 4.78 is 106. The van der Waals surface area contributed by atoms with Gasteiger partial charge < -0.3 is 54.2 Å². The number of H-pyrrole nitrogens is 2. The standard InChI is InChI=1S/C25H19FN2O5.C25H19FN2O2.C18H11FN2O3.C17H14N2O3.C8H6ClFO2.CH3F/c26-18-10-12-19(13-11-18)32-16-24(29)27-25-21-9-5-4-8-20(21)23(14-22(25)28(30)31)33-15-17-6-2-1-3-7-17;26-18-10-12-19(13-11-18)29-16-24-27-22-14-23(30-15-17-6-2-1-3-7-17)20-8-4-5-9-21(20)25(22)28-24;19-10-5-7-11(8-6-10)24-9-14-20-15-12-3-1-2-4-13(12)17(22)18(23)16(15)21-14;18-17-14-9-5-4-8-13(14)16(10-15(17)19(20)21)22-11-12-6-2-1-3-7-12;9-8(11)5-12-7-3-1-6(10)2-4-7;1-2/h1-14H,15-16H2,(H,27,29);1-14H,15-16H2,(H,27,28);1-8H,9H2,(H,20,21);1-10H,11,18H2;1-4H,5H2;1H3/i;;;;;1D. The van der Waals surface area contributed by atoms with Gasteiger partial charge in [-0.2, -0.15) is 0 Å². The summed E-state index contributed by atoms with van der Waals surface area (Å²) in [6.45, 7) is 0.795. The molecule has 2 heterocycles. The van der Waals surface area contributed by atoms with Crippen LogP contribution in [0.25, 0.3) is 54.6 Å². The number of ketones is 2. The second-order valence-corrected chi connectivity index (χ2v) is 26.9. The summed E-state index contributed by atoms with van der Waals surface area (Å²) in [6.07, 6.45) is 0. The fourth-order valence-electron chi connectivity index (χ4n) is 12.5. The van der Waals surface area contributed by atoms with E-state index in [0.717, 1.165) is 49.6 Å².